The molecule has 0 unspecified atom stereocenters. The highest BCUT2D eigenvalue weighted by Crippen LogP contribution is 2.36. The number of nitrogens with one attached hydrogen (secondary N) is 1. The first-order chi connectivity index (χ1) is 13.5. The topological polar surface area (TPSA) is 76.7 Å². The van der Waals surface area contributed by atoms with Crippen LogP contribution in [0.25, 0.3) is 0 Å². The molecular formula is C19H16F4IN3O2. The van der Waals surface area contributed by atoms with Crippen molar-refractivity contribution < 1.29 is 27.1 Å². The lowest BCUT2D eigenvalue weighted by Gasteiger charge is -2.15. The van der Waals surface area contributed by atoms with E-state index in [-0.39, 0.29) is 26.5 Å². The SMILES string of the molecule is CN=C(F)C(C(=O)Nc1ccccc1Oc1ccc(C(F)(F)F)cc1I)=C(C)N. The number of para-hydroxylation sites is 2. The highest BCUT2D eigenvalue weighted by Gasteiger charge is 2.31. The number of aliphatic imine (C=N–C) groups is 1. The maximum Gasteiger partial charge on any atom is 0.416 e. The van der Waals surface area contributed by atoms with Crippen LogP contribution in [0.2, 0.25) is 0 Å². The third-order valence-electron chi connectivity index (χ3n) is 3.64. The lowest BCUT2D eigenvalue weighted by atomic mass is 10.2. The van der Waals surface area contributed by atoms with Gasteiger partial charge in [0.05, 0.1) is 14.8 Å². The Kier molecular flexibility index (Phi) is 7.22. The van der Waals surface area contributed by atoms with Crippen LogP contribution in [0, 0.1) is 3.57 Å². The quantitative estimate of drug-likeness (QED) is 0.244. The van der Waals surface area contributed by atoms with Gasteiger partial charge in [0.1, 0.15) is 11.3 Å². The third kappa shape index (κ3) is 5.68. The second-order valence-corrected chi connectivity index (χ2v) is 6.93. The fraction of sp³-hybridized carbons (Fsp3) is 0.158. The molecule has 2 rings (SSSR count). The summed E-state index contributed by atoms with van der Waals surface area (Å²) in [5, 5.41) is 2.48. The molecule has 3 N–H and O–H groups in total. The van der Waals surface area contributed by atoms with Crippen molar-refractivity contribution in [1.29, 1.82) is 0 Å². The van der Waals surface area contributed by atoms with E-state index >= 15 is 0 Å². The van der Waals surface area contributed by atoms with E-state index in [1.807, 2.05) is 0 Å². The fourth-order valence-corrected chi connectivity index (χ4v) is 2.89. The molecule has 0 atom stereocenters. The minimum absolute atomic E-state index is 0.0683. The molecule has 0 bridgehead atoms. The largest absolute Gasteiger partial charge is 0.454 e. The molecule has 5 nitrogen and oxygen atoms in total. The Morgan fingerprint density at radius 1 is 1.17 bits per heavy atom. The van der Waals surface area contributed by atoms with Crippen LogP contribution in [-0.4, -0.2) is 18.9 Å². The Labute approximate surface area is 177 Å². The molecule has 0 aliphatic rings. The minimum atomic E-state index is -4.47. The van der Waals surface area contributed by atoms with Gasteiger partial charge < -0.3 is 15.8 Å². The van der Waals surface area contributed by atoms with Crippen LogP contribution >= 0.6 is 22.6 Å². The summed E-state index contributed by atoms with van der Waals surface area (Å²) < 4.78 is 58.2. The Morgan fingerprint density at radius 3 is 2.38 bits per heavy atom. The number of carbonyl (C=O) groups excluding carboxylic acids is 1. The van der Waals surface area contributed by atoms with E-state index in [0.29, 0.717) is 0 Å². The van der Waals surface area contributed by atoms with Crippen LogP contribution in [0.5, 0.6) is 11.5 Å². The molecule has 0 saturated heterocycles. The predicted molar refractivity (Wildman–Crippen MR) is 111 cm³/mol. The summed E-state index contributed by atoms with van der Waals surface area (Å²) in [7, 11) is 1.18. The van der Waals surface area contributed by atoms with Crippen molar-refractivity contribution in [3.8, 4) is 11.5 Å². The second kappa shape index (κ2) is 9.25. The monoisotopic (exact) mass is 521 g/mol. The summed E-state index contributed by atoms with van der Waals surface area (Å²) in [6, 6.07) is 9.24. The minimum Gasteiger partial charge on any atom is -0.454 e. The van der Waals surface area contributed by atoms with Gasteiger partial charge in [0.2, 0.25) is 5.97 Å². The number of carbonyl (C=O) groups is 1. The average molecular weight is 521 g/mol. The molecule has 0 fully saturated rings. The van der Waals surface area contributed by atoms with Gasteiger partial charge in [-0.25, -0.2) is 0 Å². The summed E-state index contributed by atoms with van der Waals surface area (Å²) in [6.07, 6.45) is -4.47. The lowest BCUT2D eigenvalue weighted by molar-refractivity contribution is -0.137. The number of benzene rings is 2. The van der Waals surface area contributed by atoms with Crippen LogP contribution in [0.4, 0.5) is 23.2 Å². The number of anilines is 1. The van der Waals surface area contributed by atoms with Crippen molar-refractivity contribution in [2.75, 3.05) is 12.4 Å². The van der Waals surface area contributed by atoms with Crippen molar-refractivity contribution >= 4 is 40.2 Å². The summed E-state index contributed by atoms with van der Waals surface area (Å²) >= 11 is 1.72. The smallest absolute Gasteiger partial charge is 0.416 e. The number of hydrogen-bond donors (Lipinski definition) is 2. The zero-order valence-electron chi connectivity index (χ0n) is 15.3. The van der Waals surface area contributed by atoms with E-state index < -0.39 is 29.2 Å². The van der Waals surface area contributed by atoms with Crippen molar-refractivity contribution in [2.24, 2.45) is 10.7 Å². The number of alkyl halides is 3. The Bertz CT molecular complexity index is 984. The molecule has 0 aliphatic heterocycles. The van der Waals surface area contributed by atoms with Gasteiger partial charge >= 0.3 is 6.18 Å². The van der Waals surface area contributed by atoms with Crippen LogP contribution in [0.15, 0.2) is 58.7 Å². The van der Waals surface area contributed by atoms with Gasteiger partial charge in [-0.05, 0) is 59.8 Å². The van der Waals surface area contributed by atoms with Gasteiger partial charge in [0, 0.05) is 12.7 Å². The molecule has 10 heteroatoms. The van der Waals surface area contributed by atoms with Gasteiger partial charge in [-0.1, -0.05) is 12.1 Å². The first-order valence-electron chi connectivity index (χ1n) is 8.08. The number of hydrogen-bond acceptors (Lipinski definition) is 4. The number of halogens is 5. The zero-order valence-corrected chi connectivity index (χ0v) is 17.4. The van der Waals surface area contributed by atoms with Crippen molar-refractivity contribution in [3.05, 3.63) is 62.9 Å². The molecule has 29 heavy (non-hydrogen) atoms. The van der Waals surface area contributed by atoms with Crippen molar-refractivity contribution in [1.82, 2.24) is 0 Å². The highest BCUT2D eigenvalue weighted by atomic mass is 127. The van der Waals surface area contributed by atoms with Gasteiger partial charge in [0.15, 0.2) is 5.75 Å². The predicted octanol–water partition coefficient (Wildman–Crippen LogP) is 5.27. The lowest BCUT2D eigenvalue weighted by Crippen LogP contribution is -2.22. The normalized spacial score (nSPS) is 13.0. The number of allylic oxidation sites excluding steroid dienone is 1. The van der Waals surface area contributed by atoms with E-state index in [1.165, 1.54) is 32.2 Å². The number of ether oxygens (including phenoxy) is 1. The molecule has 154 valence electrons. The van der Waals surface area contributed by atoms with E-state index in [9.17, 15) is 22.4 Å². The molecule has 0 spiro atoms. The van der Waals surface area contributed by atoms with Crippen molar-refractivity contribution in [2.45, 2.75) is 13.1 Å². The number of rotatable bonds is 5. The molecule has 0 heterocycles. The van der Waals surface area contributed by atoms with Gasteiger partial charge in [-0.15, -0.1) is 0 Å². The molecule has 0 radical (unpaired) electrons. The summed E-state index contributed by atoms with van der Waals surface area (Å²) in [5.41, 5.74) is 4.45. The Morgan fingerprint density at radius 2 is 1.83 bits per heavy atom. The zero-order chi connectivity index (χ0) is 21.8. The standard InChI is InChI=1S/C19H16F4IN3O2/c1-10(25)16(17(20)26-2)18(28)27-13-5-3-4-6-15(13)29-14-8-7-11(9-12(14)24)19(21,22)23/h3-9H,25H2,1-2H3,(H,27,28). The summed E-state index contributed by atoms with van der Waals surface area (Å²) in [5.74, 6) is -1.56. The van der Waals surface area contributed by atoms with Gasteiger partial charge in [0.25, 0.3) is 5.91 Å². The van der Waals surface area contributed by atoms with Crippen LogP contribution in [0.1, 0.15) is 12.5 Å². The summed E-state index contributed by atoms with van der Waals surface area (Å²) in [4.78, 5) is 15.8. The second-order valence-electron chi connectivity index (χ2n) is 5.77. The van der Waals surface area contributed by atoms with E-state index in [1.54, 1.807) is 34.7 Å². The number of amides is 1. The van der Waals surface area contributed by atoms with E-state index in [2.05, 4.69) is 10.3 Å². The Hall–Kier alpha value is -2.63. The van der Waals surface area contributed by atoms with Crippen LogP contribution in [-0.2, 0) is 11.0 Å². The molecule has 0 aromatic heterocycles. The molecule has 0 aliphatic carbocycles. The molecule has 2 aromatic carbocycles. The van der Waals surface area contributed by atoms with Crippen molar-refractivity contribution in [3.63, 3.8) is 0 Å². The first-order valence-corrected chi connectivity index (χ1v) is 9.16. The molecule has 1 amide bonds. The molecule has 0 saturated carbocycles. The maximum absolute atomic E-state index is 13.9. The number of nitrogens with zero attached hydrogens (tertiary/aromatic N) is 1. The number of nitrogens with two attached hydrogens (primary N) is 1. The molecule has 2 aromatic rings. The average Bonchev–Trinajstić information content (AvgIpc) is 2.63. The van der Waals surface area contributed by atoms with E-state index in [4.69, 9.17) is 10.5 Å². The Balaban J connectivity index is 2.33. The third-order valence-corrected chi connectivity index (χ3v) is 4.48. The fourth-order valence-electron chi connectivity index (χ4n) is 2.27. The maximum atomic E-state index is 13.9. The van der Waals surface area contributed by atoms with Crippen LogP contribution in [0.3, 0.4) is 0 Å². The van der Waals surface area contributed by atoms with E-state index in [0.717, 1.165) is 12.1 Å². The molecular weight excluding hydrogens is 505 g/mol. The van der Waals surface area contributed by atoms with Gasteiger partial charge in [-0.3, -0.25) is 9.79 Å². The van der Waals surface area contributed by atoms with Gasteiger partial charge in [-0.2, -0.15) is 17.6 Å². The van der Waals surface area contributed by atoms with Crippen LogP contribution < -0.4 is 15.8 Å². The first kappa shape index (κ1) is 22.7. The highest BCUT2D eigenvalue weighted by molar-refractivity contribution is 14.1. The summed E-state index contributed by atoms with van der Waals surface area (Å²) in [6.45, 7) is 1.35.